The highest BCUT2D eigenvalue weighted by Gasteiger charge is 1.99. The molecule has 0 amide bonds. The molecule has 0 unspecified atom stereocenters. The second-order valence-corrected chi connectivity index (χ2v) is 5.25. The molecule has 0 saturated heterocycles. The first-order valence-electron chi connectivity index (χ1n) is 8.49. The number of allylic oxidation sites excluding steroid dienone is 8. The maximum atomic E-state index is 10.2. The molecule has 0 saturated carbocycles. The molecule has 0 bridgehead atoms. The molecule has 1 atom stereocenters. The molecule has 4 nitrogen and oxygen atoms in total. The molecule has 0 aliphatic rings. The molecular formula is C20H29O4-. The summed E-state index contributed by atoms with van der Waals surface area (Å²) < 4.78 is 0. The minimum Gasteiger partial charge on any atom is -0.550 e. The molecule has 0 rings (SSSR count). The average Bonchev–Trinajstić information content (AvgIpc) is 2.57. The van der Waals surface area contributed by atoms with E-state index in [1.807, 2.05) is 48.6 Å². The molecule has 134 valence electrons. The van der Waals surface area contributed by atoms with E-state index in [1.54, 1.807) is 0 Å². The number of carboxylic acids is 1. The van der Waals surface area contributed by atoms with Crippen molar-refractivity contribution < 1.29 is 20.0 Å². The monoisotopic (exact) mass is 333 g/mol. The fraction of sp³-hybridized carbons (Fsp3) is 0.450. The van der Waals surface area contributed by atoms with E-state index in [0.717, 1.165) is 25.7 Å². The highest BCUT2D eigenvalue weighted by atomic mass is 17.1. The second-order valence-electron chi connectivity index (χ2n) is 5.25. The van der Waals surface area contributed by atoms with E-state index in [-0.39, 0.29) is 12.5 Å². The second kappa shape index (κ2) is 17.4. The lowest BCUT2D eigenvalue weighted by Crippen LogP contribution is -2.21. The first-order valence-corrected chi connectivity index (χ1v) is 8.49. The van der Waals surface area contributed by atoms with E-state index in [4.69, 9.17) is 5.26 Å². The summed E-state index contributed by atoms with van der Waals surface area (Å²) in [7, 11) is 0. The summed E-state index contributed by atoms with van der Waals surface area (Å²) in [5.74, 6) is -0.988. The van der Waals surface area contributed by atoms with E-state index >= 15 is 0 Å². The molecule has 0 aromatic carbocycles. The summed E-state index contributed by atoms with van der Waals surface area (Å²) in [5, 5.41) is 19.0. The maximum absolute atomic E-state index is 10.2. The van der Waals surface area contributed by atoms with Crippen LogP contribution < -0.4 is 5.11 Å². The van der Waals surface area contributed by atoms with E-state index in [2.05, 4.69) is 24.0 Å². The lowest BCUT2D eigenvalue weighted by atomic mass is 10.2. The third-order valence-corrected chi connectivity index (χ3v) is 3.11. The van der Waals surface area contributed by atoms with Gasteiger partial charge in [0, 0.05) is 5.97 Å². The van der Waals surface area contributed by atoms with Crippen LogP contribution in [0.5, 0.6) is 0 Å². The van der Waals surface area contributed by atoms with Gasteiger partial charge in [-0.15, -0.1) is 0 Å². The first kappa shape index (κ1) is 22.1. The van der Waals surface area contributed by atoms with Crippen molar-refractivity contribution in [2.45, 2.75) is 58.0 Å². The van der Waals surface area contributed by atoms with Crippen LogP contribution in [0.2, 0.25) is 0 Å². The third kappa shape index (κ3) is 16.5. The van der Waals surface area contributed by atoms with Crippen molar-refractivity contribution in [2.75, 3.05) is 0 Å². The van der Waals surface area contributed by atoms with E-state index in [9.17, 15) is 9.90 Å². The van der Waals surface area contributed by atoms with Gasteiger partial charge in [-0.05, 0) is 44.9 Å². The zero-order valence-corrected chi connectivity index (χ0v) is 14.5. The molecule has 0 radical (unpaired) electrons. The molecule has 4 heteroatoms. The minimum atomic E-state index is -0.988. The van der Waals surface area contributed by atoms with Crippen molar-refractivity contribution in [1.29, 1.82) is 0 Å². The first-order chi connectivity index (χ1) is 11.7. The van der Waals surface area contributed by atoms with Crippen molar-refractivity contribution in [3.05, 3.63) is 60.8 Å². The van der Waals surface area contributed by atoms with E-state index in [0.29, 0.717) is 12.8 Å². The largest absolute Gasteiger partial charge is 0.550 e. The van der Waals surface area contributed by atoms with Crippen molar-refractivity contribution in [3.63, 3.8) is 0 Å². The number of carbonyl (C=O) groups is 1. The van der Waals surface area contributed by atoms with Gasteiger partial charge in [-0.3, -0.25) is 5.26 Å². The van der Waals surface area contributed by atoms with Gasteiger partial charge in [-0.1, -0.05) is 67.7 Å². The Morgan fingerprint density at radius 1 is 1.04 bits per heavy atom. The van der Waals surface area contributed by atoms with Crippen LogP contribution in [-0.2, 0) is 9.68 Å². The molecule has 0 fully saturated rings. The van der Waals surface area contributed by atoms with Crippen molar-refractivity contribution in [1.82, 2.24) is 0 Å². The quantitative estimate of drug-likeness (QED) is 0.171. The standard InChI is InChI=1S/C20H30O4/c1-2-3-13-16-19(24-23)17-14-11-9-7-5-4-6-8-10-12-15-18-20(21)22/h3-5,8-11,13-14,17,19,23H,2,6-7,12,15-16,18H2,1H3,(H,21,22)/p-1/b5-4-,10-8-,11-9-,13-3-,17-14+/t19-/m0/s1. The van der Waals surface area contributed by atoms with Gasteiger partial charge >= 0.3 is 0 Å². The van der Waals surface area contributed by atoms with Crippen LogP contribution in [0.4, 0.5) is 0 Å². The van der Waals surface area contributed by atoms with Gasteiger partial charge in [-0.2, -0.15) is 0 Å². The Kier molecular flexibility index (Phi) is 16.1. The lowest BCUT2D eigenvalue weighted by Gasteiger charge is -2.03. The minimum absolute atomic E-state index is 0.121. The molecule has 0 spiro atoms. The summed E-state index contributed by atoms with van der Waals surface area (Å²) in [6.07, 6.45) is 24.3. The fourth-order valence-electron chi connectivity index (χ4n) is 1.83. The summed E-state index contributed by atoms with van der Waals surface area (Å²) >= 11 is 0. The van der Waals surface area contributed by atoms with Gasteiger partial charge in [-0.25, -0.2) is 4.89 Å². The topological polar surface area (TPSA) is 69.6 Å². The summed E-state index contributed by atoms with van der Waals surface area (Å²) in [5.41, 5.74) is 0. The number of hydrogen-bond acceptors (Lipinski definition) is 4. The predicted molar refractivity (Wildman–Crippen MR) is 96.2 cm³/mol. The molecule has 0 aromatic heterocycles. The normalized spacial score (nSPS) is 14.1. The van der Waals surface area contributed by atoms with Crippen molar-refractivity contribution in [3.8, 4) is 0 Å². The van der Waals surface area contributed by atoms with E-state index < -0.39 is 5.97 Å². The van der Waals surface area contributed by atoms with Crippen molar-refractivity contribution in [2.24, 2.45) is 0 Å². The van der Waals surface area contributed by atoms with Crippen LogP contribution >= 0.6 is 0 Å². The number of carboxylic acid groups (broad SMARTS) is 1. The predicted octanol–water partition coefficient (Wildman–Crippen LogP) is 4.13. The smallest absolute Gasteiger partial charge is 0.115 e. The number of unbranched alkanes of at least 4 members (excludes halogenated alkanes) is 1. The fourth-order valence-corrected chi connectivity index (χ4v) is 1.83. The summed E-state index contributed by atoms with van der Waals surface area (Å²) in [4.78, 5) is 14.6. The maximum Gasteiger partial charge on any atom is 0.115 e. The molecule has 1 N–H and O–H groups in total. The number of hydrogen-bond donors (Lipinski definition) is 1. The van der Waals surface area contributed by atoms with Gasteiger partial charge in [0.05, 0.1) is 0 Å². The van der Waals surface area contributed by atoms with Crippen LogP contribution in [0.1, 0.15) is 51.9 Å². The van der Waals surface area contributed by atoms with Crippen LogP contribution in [-0.4, -0.2) is 17.3 Å². The molecular weight excluding hydrogens is 304 g/mol. The van der Waals surface area contributed by atoms with Crippen LogP contribution in [0.25, 0.3) is 0 Å². The Bertz CT molecular complexity index is 445. The highest BCUT2D eigenvalue weighted by Crippen LogP contribution is 2.02. The molecule has 0 aliphatic heterocycles. The van der Waals surface area contributed by atoms with Crippen molar-refractivity contribution >= 4 is 5.97 Å². The Morgan fingerprint density at radius 2 is 1.75 bits per heavy atom. The van der Waals surface area contributed by atoms with Crippen LogP contribution in [0.3, 0.4) is 0 Å². The molecule has 0 aromatic rings. The lowest BCUT2D eigenvalue weighted by molar-refractivity contribution is -0.305. The highest BCUT2D eigenvalue weighted by molar-refractivity contribution is 5.64. The Morgan fingerprint density at radius 3 is 2.42 bits per heavy atom. The third-order valence-electron chi connectivity index (χ3n) is 3.11. The number of rotatable bonds is 14. The number of carbonyl (C=O) groups excluding carboxylic acids is 1. The Labute approximate surface area is 145 Å². The average molecular weight is 333 g/mol. The molecule has 24 heavy (non-hydrogen) atoms. The van der Waals surface area contributed by atoms with Gasteiger partial charge < -0.3 is 9.90 Å². The zero-order valence-electron chi connectivity index (χ0n) is 14.5. The van der Waals surface area contributed by atoms with Crippen LogP contribution in [0.15, 0.2) is 60.8 Å². The van der Waals surface area contributed by atoms with Crippen LogP contribution in [0, 0.1) is 0 Å². The summed E-state index contributed by atoms with van der Waals surface area (Å²) in [6, 6.07) is 0. The van der Waals surface area contributed by atoms with Gasteiger partial charge in [0.25, 0.3) is 0 Å². The Balaban J connectivity index is 3.75. The van der Waals surface area contributed by atoms with Gasteiger partial charge in [0.1, 0.15) is 6.10 Å². The SMILES string of the molecule is CC/C=C\C[C@@H](/C=C/C=C\C/C=C\C/C=C\CCCC(=O)[O-])OO. The van der Waals surface area contributed by atoms with E-state index in [1.165, 1.54) is 0 Å². The van der Waals surface area contributed by atoms with Gasteiger partial charge in [0.15, 0.2) is 0 Å². The van der Waals surface area contributed by atoms with Gasteiger partial charge in [0.2, 0.25) is 0 Å². The number of aliphatic carboxylic acids is 1. The summed E-state index contributed by atoms with van der Waals surface area (Å²) in [6.45, 7) is 2.06. The molecule has 0 aliphatic carbocycles. The molecule has 0 heterocycles. The Hall–Kier alpha value is -1.91. The zero-order chi connectivity index (χ0) is 17.9.